The Hall–Kier alpha value is -1.01. The van der Waals surface area contributed by atoms with Crippen molar-refractivity contribution >= 4 is 35.0 Å². The average molecular weight is 313 g/mol. The molecule has 1 aromatic heterocycles. The number of carboxylic acid groups (broad SMARTS) is 1. The van der Waals surface area contributed by atoms with Gasteiger partial charge < -0.3 is 10.0 Å². The Morgan fingerprint density at radius 3 is 2.85 bits per heavy atom. The van der Waals surface area contributed by atoms with E-state index < -0.39 is 5.97 Å². The Morgan fingerprint density at radius 2 is 2.25 bits per heavy atom. The molecule has 6 heteroatoms. The van der Waals surface area contributed by atoms with Gasteiger partial charge in [0.2, 0.25) is 0 Å². The summed E-state index contributed by atoms with van der Waals surface area (Å²) in [6.07, 6.45) is 0.952. The van der Waals surface area contributed by atoms with Crippen LogP contribution in [0.4, 0.5) is 0 Å². The van der Waals surface area contributed by atoms with Crippen molar-refractivity contribution in [3.8, 4) is 0 Å². The minimum atomic E-state index is -0.841. The Morgan fingerprint density at radius 1 is 1.50 bits per heavy atom. The number of hydrogen-bond donors (Lipinski definition) is 1. The van der Waals surface area contributed by atoms with Crippen LogP contribution in [0.2, 0.25) is 0 Å². The third-order valence-corrected chi connectivity index (χ3v) is 5.68. The molecule has 1 aromatic rings. The van der Waals surface area contributed by atoms with Crippen LogP contribution in [0.15, 0.2) is 6.07 Å². The zero-order chi connectivity index (χ0) is 14.7. The molecular formula is C14H19NO3S2. The third kappa shape index (κ3) is 3.35. The second-order valence-corrected chi connectivity index (χ2v) is 7.28. The van der Waals surface area contributed by atoms with Gasteiger partial charge in [-0.15, -0.1) is 11.3 Å². The summed E-state index contributed by atoms with van der Waals surface area (Å²) in [5, 5.41) is 8.98. The lowest BCUT2D eigenvalue weighted by atomic mass is 10.1. The molecule has 1 aliphatic rings. The summed E-state index contributed by atoms with van der Waals surface area (Å²) < 4.78 is 0. The molecule has 0 spiro atoms. The highest BCUT2D eigenvalue weighted by Crippen LogP contribution is 2.27. The fourth-order valence-electron chi connectivity index (χ4n) is 2.41. The van der Waals surface area contributed by atoms with Gasteiger partial charge in [-0.25, -0.2) is 0 Å². The first-order chi connectivity index (χ1) is 9.52. The molecule has 1 fully saturated rings. The second-order valence-electron chi connectivity index (χ2n) is 4.87. The number of hydrogen-bond acceptors (Lipinski definition) is 4. The van der Waals surface area contributed by atoms with E-state index in [9.17, 15) is 9.59 Å². The van der Waals surface area contributed by atoms with E-state index in [1.54, 1.807) is 16.7 Å². The van der Waals surface area contributed by atoms with Crippen LogP contribution in [0.5, 0.6) is 0 Å². The molecule has 20 heavy (non-hydrogen) atoms. The van der Waals surface area contributed by atoms with Crippen molar-refractivity contribution < 1.29 is 14.7 Å². The number of amides is 1. The maximum atomic E-state index is 12.6. The Kier molecular flexibility index (Phi) is 5.10. The molecule has 0 bridgehead atoms. The molecule has 2 rings (SSSR count). The second kappa shape index (κ2) is 6.63. The minimum Gasteiger partial charge on any atom is -0.481 e. The summed E-state index contributed by atoms with van der Waals surface area (Å²) in [5.41, 5.74) is 1.21. The number of carbonyl (C=O) groups excluding carboxylic acids is 1. The normalized spacial score (nSPS) is 19.1. The smallest absolute Gasteiger partial charge is 0.305 e. The highest BCUT2D eigenvalue weighted by atomic mass is 32.2. The van der Waals surface area contributed by atoms with Crippen LogP contribution >= 0.6 is 23.1 Å². The number of aliphatic carboxylic acids is 1. The number of aryl methyl sites for hydroxylation is 2. The first-order valence-electron chi connectivity index (χ1n) is 6.72. The molecule has 0 saturated carbocycles. The number of rotatable bonds is 4. The third-order valence-electron chi connectivity index (χ3n) is 3.51. The number of carboxylic acids is 1. The predicted octanol–water partition coefficient (Wildman–Crippen LogP) is 2.65. The van der Waals surface area contributed by atoms with Gasteiger partial charge >= 0.3 is 5.97 Å². The van der Waals surface area contributed by atoms with E-state index >= 15 is 0 Å². The summed E-state index contributed by atoms with van der Waals surface area (Å²) in [5.74, 6) is 0.742. The van der Waals surface area contributed by atoms with Crippen LogP contribution in [0.1, 0.15) is 33.5 Å². The zero-order valence-corrected chi connectivity index (χ0v) is 13.4. The number of carbonyl (C=O) groups is 2. The van der Waals surface area contributed by atoms with Crippen LogP contribution in [-0.2, 0) is 11.2 Å². The molecule has 110 valence electrons. The largest absolute Gasteiger partial charge is 0.481 e. The number of thioether (sulfide) groups is 1. The van der Waals surface area contributed by atoms with Crippen molar-refractivity contribution in [3.05, 3.63) is 21.4 Å². The van der Waals surface area contributed by atoms with Gasteiger partial charge in [0, 0.05) is 22.9 Å². The maximum Gasteiger partial charge on any atom is 0.305 e. The van der Waals surface area contributed by atoms with Crippen LogP contribution < -0.4 is 0 Å². The molecule has 0 radical (unpaired) electrons. The quantitative estimate of drug-likeness (QED) is 0.928. The van der Waals surface area contributed by atoms with Crippen LogP contribution in [0.3, 0.4) is 0 Å². The summed E-state index contributed by atoms with van der Waals surface area (Å²) in [7, 11) is 0. The van der Waals surface area contributed by atoms with Crippen molar-refractivity contribution in [1.29, 1.82) is 0 Å². The average Bonchev–Trinajstić information content (AvgIpc) is 2.79. The molecule has 1 atom stereocenters. The van der Waals surface area contributed by atoms with Crippen molar-refractivity contribution in [2.75, 3.05) is 18.1 Å². The summed E-state index contributed by atoms with van der Waals surface area (Å²) >= 11 is 3.24. The van der Waals surface area contributed by atoms with Crippen LogP contribution in [0.25, 0.3) is 0 Å². The first-order valence-corrected chi connectivity index (χ1v) is 8.69. The first kappa shape index (κ1) is 15.4. The van der Waals surface area contributed by atoms with Gasteiger partial charge in [0.15, 0.2) is 0 Å². The van der Waals surface area contributed by atoms with E-state index in [1.807, 2.05) is 13.0 Å². The van der Waals surface area contributed by atoms with Crippen LogP contribution in [-0.4, -0.2) is 46.0 Å². The van der Waals surface area contributed by atoms with E-state index in [4.69, 9.17) is 5.11 Å². The maximum absolute atomic E-state index is 12.6. The van der Waals surface area contributed by atoms with Gasteiger partial charge in [-0.2, -0.15) is 11.8 Å². The lowest BCUT2D eigenvalue weighted by Crippen LogP contribution is -2.46. The van der Waals surface area contributed by atoms with Crippen molar-refractivity contribution in [1.82, 2.24) is 4.90 Å². The van der Waals surface area contributed by atoms with E-state index in [1.165, 1.54) is 21.8 Å². The van der Waals surface area contributed by atoms with E-state index in [0.717, 1.165) is 17.1 Å². The Bertz CT molecular complexity index is 513. The molecule has 0 aromatic carbocycles. The van der Waals surface area contributed by atoms with Gasteiger partial charge in [-0.3, -0.25) is 9.59 Å². The van der Waals surface area contributed by atoms with Gasteiger partial charge in [-0.1, -0.05) is 6.92 Å². The lowest BCUT2D eigenvalue weighted by Gasteiger charge is -2.34. The molecule has 1 saturated heterocycles. The van der Waals surface area contributed by atoms with Gasteiger partial charge in [0.1, 0.15) is 0 Å². The molecule has 2 heterocycles. The minimum absolute atomic E-state index is 0.00986. The van der Waals surface area contributed by atoms with E-state index in [-0.39, 0.29) is 18.4 Å². The topological polar surface area (TPSA) is 57.6 Å². The molecule has 1 unspecified atom stereocenters. The molecule has 1 N–H and O–H groups in total. The zero-order valence-electron chi connectivity index (χ0n) is 11.7. The lowest BCUT2D eigenvalue weighted by molar-refractivity contribution is -0.138. The summed E-state index contributed by atoms with van der Waals surface area (Å²) in [4.78, 5) is 27.2. The standard InChI is InChI=1S/C14H19NO3S2/c1-3-10-6-12(20-9(10)2)14(18)15-4-5-19-8-11(15)7-13(16)17/h6,11H,3-5,7-8H2,1-2H3,(H,16,17). The highest BCUT2D eigenvalue weighted by Gasteiger charge is 2.30. The van der Waals surface area contributed by atoms with Crippen molar-refractivity contribution in [2.45, 2.75) is 32.7 Å². The van der Waals surface area contributed by atoms with E-state index in [0.29, 0.717) is 12.3 Å². The van der Waals surface area contributed by atoms with Crippen molar-refractivity contribution in [3.63, 3.8) is 0 Å². The van der Waals surface area contributed by atoms with Gasteiger partial charge in [0.25, 0.3) is 5.91 Å². The number of thiophene rings is 1. The fraction of sp³-hybridized carbons (Fsp3) is 0.571. The predicted molar refractivity (Wildman–Crippen MR) is 82.8 cm³/mol. The monoisotopic (exact) mass is 313 g/mol. The van der Waals surface area contributed by atoms with E-state index in [2.05, 4.69) is 6.92 Å². The van der Waals surface area contributed by atoms with Gasteiger partial charge in [-0.05, 0) is 25.0 Å². The molecule has 1 aliphatic heterocycles. The fourth-order valence-corrected chi connectivity index (χ4v) is 4.54. The Balaban J connectivity index is 2.18. The summed E-state index contributed by atoms with van der Waals surface area (Å²) in [6, 6.07) is 1.77. The molecule has 1 amide bonds. The summed E-state index contributed by atoms with van der Waals surface area (Å²) in [6.45, 7) is 4.75. The van der Waals surface area contributed by atoms with Crippen molar-refractivity contribution in [2.24, 2.45) is 0 Å². The highest BCUT2D eigenvalue weighted by molar-refractivity contribution is 7.99. The molecule has 4 nitrogen and oxygen atoms in total. The number of nitrogens with zero attached hydrogens (tertiary/aromatic N) is 1. The van der Waals surface area contributed by atoms with Crippen LogP contribution in [0, 0.1) is 6.92 Å². The van der Waals surface area contributed by atoms with Gasteiger partial charge in [0.05, 0.1) is 17.3 Å². The Labute approximate surface area is 127 Å². The molecular weight excluding hydrogens is 294 g/mol. The SMILES string of the molecule is CCc1cc(C(=O)N2CCSCC2CC(=O)O)sc1C. The molecule has 0 aliphatic carbocycles.